The van der Waals surface area contributed by atoms with Crippen LogP contribution >= 0.6 is 35.7 Å². The largest absolute Gasteiger partial charge is 0.379 e. The molecule has 6 heteroatoms. The number of aliphatic imine (C=N–C) groups is 1. The molecule has 1 unspecified atom stereocenters. The van der Waals surface area contributed by atoms with Crippen molar-refractivity contribution in [3.63, 3.8) is 0 Å². The van der Waals surface area contributed by atoms with E-state index in [4.69, 9.17) is 4.74 Å². The number of nitrogens with one attached hydrogen (secondary N) is 1. The Bertz CT molecular complexity index is 262. The third-order valence-electron chi connectivity index (χ3n) is 3.14. The van der Waals surface area contributed by atoms with Crippen LogP contribution in [0.1, 0.15) is 19.8 Å². The van der Waals surface area contributed by atoms with Gasteiger partial charge in [-0.1, -0.05) is 6.92 Å². The molecule has 4 nitrogen and oxygen atoms in total. The van der Waals surface area contributed by atoms with E-state index in [1.165, 1.54) is 12.8 Å². The maximum Gasteiger partial charge on any atom is 0.193 e. The molecule has 0 heterocycles. The van der Waals surface area contributed by atoms with Crippen molar-refractivity contribution in [2.24, 2.45) is 10.9 Å². The lowest BCUT2D eigenvalue weighted by atomic mass is 10.4. The van der Waals surface area contributed by atoms with E-state index in [0.29, 0.717) is 5.25 Å². The van der Waals surface area contributed by atoms with E-state index in [1.54, 1.807) is 0 Å². The van der Waals surface area contributed by atoms with Gasteiger partial charge in [-0.25, -0.2) is 0 Å². The highest BCUT2D eigenvalue weighted by atomic mass is 127. The first-order valence-electron chi connectivity index (χ1n) is 6.69. The van der Waals surface area contributed by atoms with Crippen LogP contribution in [0.2, 0.25) is 0 Å². The van der Waals surface area contributed by atoms with Crippen molar-refractivity contribution in [2.45, 2.75) is 25.0 Å². The van der Waals surface area contributed by atoms with Crippen LogP contribution in [0.15, 0.2) is 4.99 Å². The van der Waals surface area contributed by atoms with Crippen molar-refractivity contribution in [1.82, 2.24) is 10.2 Å². The molecule has 0 aromatic carbocycles. The van der Waals surface area contributed by atoms with E-state index >= 15 is 0 Å². The molecule has 0 saturated heterocycles. The number of likely N-dealkylation sites (N-methyl/N-ethyl adjacent to an activating group) is 1. The van der Waals surface area contributed by atoms with E-state index in [9.17, 15) is 0 Å². The zero-order valence-corrected chi connectivity index (χ0v) is 15.7. The van der Waals surface area contributed by atoms with Crippen LogP contribution in [-0.4, -0.2) is 62.8 Å². The summed E-state index contributed by atoms with van der Waals surface area (Å²) in [6, 6.07) is 0. The van der Waals surface area contributed by atoms with Gasteiger partial charge in [0, 0.05) is 39.0 Å². The topological polar surface area (TPSA) is 36.9 Å². The number of hydrogen-bond acceptors (Lipinski definition) is 3. The first-order chi connectivity index (χ1) is 8.67. The van der Waals surface area contributed by atoms with E-state index < -0.39 is 0 Å². The minimum atomic E-state index is 0. The molecule has 1 rings (SSSR count). The highest BCUT2D eigenvalue weighted by Gasteiger charge is 2.21. The Balaban J connectivity index is 0.00000324. The second-order valence-corrected chi connectivity index (χ2v) is 6.19. The summed E-state index contributed by atoms with van der Waals surface area (Å²) in [5, 5.41) is 3.98. The Labute approximate surface area is 139 Å². The standard InChI is InChI=1S/C13H27N3OS.HI/c1-11(18-4)9-15-13(14-2)16(3)7-8-17-10-12-5-6-12;/h11-12H,5-10H2,1-4H3,(H,14,15);1H. The lowest BCUT2D eigenvalue weighted by molar-refractivity contribution is 0.115. The van der Waals surface area contributed by atoms with Crippen LogP contribution in [-0.2, 0) is 4.74 Å². The van der Waals surface area contributed by atoms with E-state index in [2.05, 4.69) is 35.4 Å². The molecule has 1 fully saturated rings. The Morgan fingerprint density at radius 3 is 2.74 bits per heavy atom. The molecule has 1 saturated carbocycles. The highest BCUT2D eigenvalue weighted by molar-refractivity contribution is 14.0. The highest BCUT2D eigenvalue weighted by Crippen LogP contribution is 2.28. The van der Waals surface area contributed by atoms with E-state index in [0.717, 1.165) is 38.2 Å². The van der Waals surface area contributed by atoms with Gasteiger partial charge in [-0.2, -0.15) is 11.8 Å². The third-order valence-corrected chi connectivity index (χ3v) is 4.12. The normalized spacial score (nSPS) is 16.7. The summed E-state index contributed by atoms with van der Waals surface area (Å²) < 4.78 is 5.64. The molecule has 0 spiro atoms. The van der Waals surface area contributed by atoms with Crippen molar-refractivity contribution >= 4 is 41.7 Å². The summed E-state index contributed by atoms with van der Waals surface area (Å²) in [5.74, 6) is 1.79. The summed E-state index contributed by atoms with van der Waals surface area (Å²) in [5.41, 5.74) is 0. The molecule has 114 valence electrons. The van der Waals surface area contributed by atoms with Crippen LogP contribution in [0.4, 0.5) is 0 Å². The smallest absolute Gasteiger partial charge is 0.193 e. The number of ether oxygens (including phenoxy) is 1. The summed E-state index contributed by atoms with van der Waals surface area (Å²) in [7, 11) is 3.88. The van der Waals surface area contributed by atoms with Gasteiger partial charge < -0.3 is 15.0 Å². The molecule has 1 aliphatic rings. The average Bonchev–Trinajstić information content (AvgIpc) is 3.19. The number of rotatable bonds is 8. The van der Waals surface area contributed by atoms with Crippen molar-refractivity contribution in [2.75, 3.05) is 46.7 Å². The Hall–Kier alpha value is 0.310. The molecule has 1 atom stereocenters. The van der Waals surface area contributed by atoms with Crippen molar-refractivity contribution in [1.29, 1.82) is 0 Å². The summed E-state index contributed by atoms with van der Waals surface area (Å²) in [6.07, 6.45) is 4.84. The van der Waals surface area contributed by atoms with Gasteiger partial charge in [0.05, 0.1) is 6.61 Å². The first-order valence-corrected chi connectivity index (χ1v) is 7.98. The number of nitrogens with zero attached hydrogens (tertiary/aromatic N) is 2. The zero-order chi connectivity index (χ0) is 13.4. The maximum absolute atomic E-state index is 5.64. The van der Waals surface area contributed by atoms with Gasteiger partial charge in [0.2, 0.25) is 0 Å². The zero-order valence-electron chi connectivity index (χ0n) is 12.5. The number of guanidine groups is 1. The molecule has 1 N–H and O–H groups in total. The van der Waals surface area contributed by atoms with Crippen molar-refractivity contribution in [3.05, 3.63) is 0 Å². The molecule has 0 aliphatic heterocycles. The molecule has 0 amide bonds. The first kappa shape index (κ1) is 19.3. The fraction of sp³-hybridized carbons (Fsp3) is 0.923. The quantitative estimate of drug-likeness (QED) is 0.293. The van der Waals surface area contributed by atoms with Gasteiger partial charge >= 0.3 is 0 Å². The second kappa shape index (κ2) is 11.0. The van der Waals surface area contributed by atoms with Gasteiger partial charge in [0.15, 0.2) is 5.96 Å². The molecule has 0 aromatic rings. The number of hydrogen-bond donors (Lipinski definition) is 1. The maximum atomic E-state index is 5.64. The molecule has 0 radical (unpaired) electrons. The van der Waals surface area contributed by atoms with E-state index in [-0.39, 0.29) is 24.0 Å². The van der Waals surface area contributed by atoms with Crippen molar-refractivity contribution < 1.29 is 4.74 Å². The second-order valence-electron chi connectivity index (χ2n) is 4.91. The van der Waals surface area contributed by atoms with Gasteiger partial charge in [-0.15, -0.1) is 24.0 Å². The third kappa shape index (κ3) is 8.96. The summed E-state index contributed by atoms with van der Waals surface area (Å²) in [6.45, 7) is 5.76. The fourth-order valence-electron chi connectivity index (χ4n) is 1.54. The summed E-state index contributed by atoms with van der Waals surface area (Å²) >= 11 is 1.86. The van der Waals surface area contributed by atoms with Gasteiger partial charge in [0.1, 0.15) is 0 Å². The number of thioether (sulfide) groups is 1. The molecular weight excluding hydrogens is 373 g/mol. The van der Waals surface area contributed by atoms with E-state index in [1.807, 2.05) is 18.8 Å². The Morgan fingerprint density at radius 2 is 2.21 bits per heavy atom. The molecular formula is C13H28IN3OS. The van der Waals surface area contributed by atoms with Crippen molar-refractivity contribution in [3.8, 4) is 0 Å². The lowest BCUT2D eigenvalue weighted by Gasteiger charge is -2.23. The minimum absolute atomic E-state index is 0. The average molecular weight is 401 g/mol. The minimum Gasteiger partial charge on any atom is -0.379 e. The SMILES string of the molecule is CN=C(NCC(C)SC)N(C)CCOCC1CC1.I. The van der Waals surface area contributed by atoms with Crippen LogP contribution in [0.25, 0.3) is 0 Å². The Morgan fingerprint density at radius 1 is 1.53 bits per heavy atom. The Kier molecular flexibility index (Phi) is 11.2. The molecule has 0 aromatic heterocycles. The van der Waals surface area contributed by atoms with Crippen LogP contribution in [0.3, 0.4) is 0 Å². The van der Waals surface area contributed by atoms with Gasteiger partial charge in [0.25, 0.3) is 0 Å². The predicted octanol–water partition coefficient (Wildman–Crippen LogP) is 2.29. The number of halogens is 1. The monoisotopic (exact) mass is 401 g/mol. The van der Waals surface area contributed by atoms with Crippen LogP contribution in [0.5, 0.6) is 0 Å². The molecule has 0 bridgehead atoms. The fourth-order valence-corrected chi connectivity index (χ4v) is 1.79. The van der Waals surface area contributed by atoms with Crippen LogP contribution in [0, 0.1) is 5.92 Å². The lowest BCUT2D eigenvalue weighted by Crippen LogP contribution is -2.42. The van der Waals surface area contributed by atoms with Gasteiger partial charge in [-0.05, 0) is 25.0 Å². The molecule has 1 aliphatic carbocycles. The predicted molar refractivity (Wildman–Crippen MR) is 95.9 cm³/mol. The molecule has 19 heavy (non-hydrogen) atoms. The summed E-state index contributed by atoms with van der Waals surface area (Å²) in [4.78, 5) is 6.41. The van der Waals surface area contributed by atoms with Crippen LogP contribution < -0.4 is 5.32 Å². The van der Waals surface area contributed by atoms with Gasteiger partial charge in [-0.3, -0.25) is 4.99 Å².